The Morgan fingerprint density at radius 3 is 2.41 bits per heavy atom. The van der Waals surface area contributed by atoms with E-state index in [4.69, 9.17) is 14.2 Å². The Kier molecular flexibility index (Phi) is 6.99. The van der Waals surface area contributed by atoms with Crippen LogP contribution in [0.5, 0.6) is 17.2 Å². The third-order valence-corrected chi connectivity index (χ3v) is 4.97. The second-order valence-electron chi connectivity index (χ2n) is 6.86. The quantitative estimate of drug-likeness (QED) is 0.484. The van der Waals surface area contributed by atoms with Crippen molar-refractivity contribution in [1.82, 2.24) is 10.2 Å². The molecule has 1 aliphatic rings. The van der Waals surface area contributed by atoms with Crippen LogP contribution in [0.25, 0.3) is 6.08 Å². The van der Waals surface area contributed by atoms with E-state index in [1.165, 1.54) is 27.4 Å². The van der Waals surface area contributed by atoms with Gasteiger partial charge in [0.1, 0.15) is 12.2 Å². The number of aryl methyl sites for hydroxylation is 1. The summed E-state index contributed by atoms with van der Waals surface area (Å²) in [5, 5.41) is 5.26. The van der Waals surface area contributed by atoms with Crippen molar-refractivity contribution in [2.24, 2.45) is 0 Å². The van der Waals surface area contributed by atoms with Gasteiger partial charge in [-0.2, -0.15) is 0 Å². The number of urea groups is 1. The number of amides is 4. The maximum atomic E-state index is 12.8. The summed E-state index contributed by atoms with van der Waals surface area (Å²) in [4.78, 5) is 38.5. The fourth-order valence-electron chi connectivity index (χ4n) is 3.39. The van der Waals surface area contributed by atoms with Gasteiger partial charge in [0.15, 0.2) is 11.5 Å². The summed E-state index contributed by atoms with van der Waals surface area (Å²) in [5.74, 6) is 0.0600. The van der Waals surface area contributed by atoms with Gasteiger partial charge in [0, 0.05) is 11.3 Å². The minimum Gasteiger partial charge on any atom is -0.493 e. The van der Waals surface area contributed by atoms with Crippen molar-refractivity contribution in [3.8, 4) is 17.2 Å². The van der Waals surface area contributed by atoms with Gasteiger partial charge in [0.25, 0.3) is 5.91 Å². The molecule has 168 valence electrons. The first kappa shape index (κ1) is 22.7. The molecule has 2 N–H and O–H groups in total. The summed E-state index contributed by atoms with van der Waals surface area (Å²) < 4.78 is 16.0. The number of carbonyl (C=O) groups is 3. The number of imide groups is 1. The highest BCUT2D eigenvalue weighted by Crippen LogP contribution is 2.40. The predicted molar refractivity (Wildman–Crippen MR) is 119 cm³/mol. The molecule has 1 fully saturated rings. The molecule has 2 aromatic rings. The number of rotatable bonds is 8. The Bertz CT molecular complexity index is 1080. The van der Waals surface area contributed by atoms with E-state index in [0.29, 0.717) is 28.5 Å². The van der Waals surface area contributed by atoms with Crippen molar-refractivity contribution in [2.75, 3.05) is 33.2 Å². The van der Waals surface area contributed by atoms with Gasteiger partial charge in [-0.3, -0.25) is 9.59 Å². The number of methoxy groups -OCH3 is 3. The van der Waals surface area contributed by atoms with Crippen molar-refractivity contribution < 1.29 is 28.6 Å². The monoisotopic (exact) mass is 439 g/mol. The van der Waals surface area contributed by atoms with Gasteiger partial charge in [0.05, 0.1) is 21.3 Å². The van der Waals surface area contributed by atoms with Crippen molar-refractivity contribution in [1.29, 1.82) is 0 Å². The number of ether oxygens (including phenoxy) is 3. The smallest absolute Gasteiger partial charge is 0.329 e. The molecule has 1 saturated heterocycles. The molecule has 0 unspecified atom stereocenters. The van der Waals surface area contributed by atoms with Gasteiger partial charge in [0.2, 0.25) is 11.7 Å². The average Bonchev–Trinajstić information content (AvgIpc) is 3.06. The van der Waals surface area contributed by atoms with E-state index < -0.39 is 24.4 Å². The van der Waals surface area contributed by atoms with Crippen LogP contribution in [0.1, 0.15) is 18.1 Å². The maximum absolute atomic E-state index is 12.8. The molecule has 0 radical (unpaired) electrons. The Balaban J connectivity index is 1.80. The fraction of sp³-hybridized carbons (Fsp3) is 0.261. The molecule has 32 heavy (non-hydrogen) atoms. The number of carbonyl (C=O) groups excluding carboxylic acids is 3. The molecular formula is C23H25N3O6. The minimum atomic E-state index is -0.681. The van der Waals surface area contributed by atoms with Crippen LogP contribution in [-0.4, -0.2) is 50.6 Å². The average molecular weight is 439 g/mol. The summed E-state index contributed by atoms with van der Waals surface area (Å²) >= 11 is 0. The van der Waals surface area contributed by atoms with Crippen LogP contribution in [0, 0.1) is 0 Å². The molecular weight excluding hydrogens is 414 g/mol. The third-order valence-electron chi connectivity index (χ3n) is 4.97. The van der Waals surface area contributed by atoms with E-state index in [2.05, 4.69) is 10.6 Å². The van der Waals surface area contributed by atoms with E-state index in [1.54, 1.807) is 24.3 Å². The zero-order valence-corrected chi connectivity index (χ0v) is 18.4. The van der Waals surface area contributed by atoms with Crippen molar-refractivity contribution in [3.63, 3.8) is 0 Å². The zero-order chi connectivity index (χ0) is 23.3. The number of para-hydroxylation sites is 1. The first-order chi connectivity index (χ1) is 15.4. The first-order valence-corrected chi connectivity index (χ1v) is 9.94. The molecule has 0 spiro atoms. The second-order valence-corrected chi connectivity index (χ2v) is 6.86. The maximum Gasteiger partial charge on any atom is 0.329 e. The molecule has 9 nitrogen and oxygen atoms in total. The number of nitrogens with zero attached hydrogens (tertiary/aromatic N) is 1. The predicted octanol–water partition coefficient (Wildman–Crippen LogP) is 2.81. The van der Waals surface area contributed by atoms with Crippen LogP contribution in [-0.2, 0) is 16.0 Å². The second kappa shape index (κ2) is 9.86. The van der Waals surface area contributed by atoms with Crippen molar-refractivity contribution >= 4 is 29.6 Å². The Hall–Kier alpha value is -4.01. The first-order valence-electron chi connectivity index (χ1n) is 9.94. The number of nitrogens with one attached hydrogen (secondary N) is 2. The van der Waals surface area contributed by atoms with Gasteiger partial charge in [-0.25, -0.2) is 9.69 Å². The highest BCUT2D eigenvalue weighted by Gasteiger charge is 2.35. The van der Waals surface area contributed by atoms with Crippen LogP contribution >= 0.6 is 0 Å². The van der Waals surface area contributed by atoms with E-state index in [-0.39, 0.29) is 5.70 Å². The summed E-state index contributed by atoms with van der Waals surface area (Å²) in [5.41, 5.74) is 2.12. The van der Waals surface area contributed by atoms with Crippen LogP contribution in [0.4, 0.5) is 10.5 Å². The molecule has 9 heteroatoms. The molecule has 1 aliphatic heterocycles. The summed E-state index contributed by atoms with van der Waals surface area (Å²) in [6, 6.07) is 10.0. The van der Waals surface area contributed by atoms with Gasteiger partial charge in [-0.1, -0.05) is 25.1 Å². The van der Waals surface area contributed by atoms with Gasteiger partial charge < -0.3 is 24.8 Å². The SMILES string of the molecule is CCc1ccccc1NC(=O)CN1C(=O)NC(=Cc2ccc(OC)c(OC)c2OC)C1=O. The van der Waals surface area contributed by atoms with Crippen LogP contribution in [0.2, 0.25) is 0 Å². The van der Waals surface area contributed by atoms with Gasteiger partial charge in [-0.05, 0) is 36.3 Å². The van der Waals surface area contributed by atoms with E-state index in [1.807, 2.05) is 19.1 Å². The molecule has 1 heterocycles. The van der Waals surface area contributed by atoms with E-state index >= 15 is 0 Å². The standard InChI is InChI=1S/C23H25N3O6/c1-5-14-8-6-7-9-16(14)24-19(27)13-26-22(28)17(25-23(26)29)12-15-10-11-18(30-2)21(32-4)20(15)31-3/h6-12H,5,13H2,1-4H3,(H,24,27)(H,25,29). The highest BCUT2D eigenvalue weighted by molar-refractivity contribution is 6.16. The lowest BCUT2D eigenvalue weighted by molar-refractivity contribution is -0.127. The molecule has 0 saturated carbocycles. The molecule has 4 amide bonds. The van der Waals surface area contributed by atoms with Crippen LogP contribution < -0.4 is 24.8 Å². The Morgan fingerprint density at radius 1 is 1.03 bits per heavy atom. The number of benzene rings is 2. The zero-order valence-electron chi connectivity index (χ0n) is 18.4. The Morgan fingerprint density at radius 2 is 1.75 bits per heavy atom. The number of hydrogen-bond acceptors (Lipinski definition) is 6. The topological polar surface area (TPSA) is 106 Å². The van der Waals surface area contributed by atoms with Gasteiger partial charge in [-0.15, -0.1) is 0 Å². The lowest BCUT2D eigenvalue weighted by atomic mass is 10.1. The number of hydrogen-bond donors (Lipinski definition) is 2. The minimum absolute atomic E-state index is 0.0160. The molecule has 0 aromatic heterocycles. The lowest BCUT2D eigenvalue weighted by Crippen LogP contribution is -2.38. The molecule has 0 bridgehead atoms. The molecule has 3 rings (SSSR count). The third kappa shape index (κ3) is 4.51. The van der Waals surface area contributed by atoms with Crippen molar-refractivity contribution in [3.05, 3.63) is 53.2 Å². The number of anilines is 1. The highest BCUT2D eigenvalue weighted by atomic mass is 16.5. The normalized spacial score (nSPS) is 14.4. The van der Waals surface area contributed by atoms with E-state index in [9.17, 15) is 14.4 Å². The molecule has 0 aliphatic carbocycles. The summed E-state index contributed by atoms with van der Waals surface area (Å²) in [6.45, 7) is 1.56. The largest absolute Gasteiger partial charge is 0.493 e. The van der Waals surface area contributed by atoms with Crippen molar-refractivity contribution in [2.45, 2.75) is 13.3 Å². The lowest BCUT2D eigenvalue weighted by Gasteiger charge is -2.14. The van der Waals surface area contributed by atoms with E-state index in [0.717, 1.165) is 16.9 Å². The Labute approximate surface area is 185 Å². The van der Waals surface area contributed by atoms with Crippen LogP contribution in [0.15, 0.2) is 42.1 Å². The summed E-state index contributed by atoms with van der Waals surface area (Å²) in [7, 11) is 4.42. The summed E-state index contributed by atoms with van der Waals surface area (Å²) in [6.07, 6.45) is 2.20. The van der Waals surface area contributed by atoms with Crippen LogP contribution in [0.3, 0.4) is 0 Å². The fourth-order valence-corrected chi connectivity index (χ4v) is 3.39. The molecule has 2 aromatic carbocycles. The van der Waals surface area contributed by atoms with Gasteiger partial charge >= 0.3 is 6.03 Å². The molecule has 0 atom stereocenters.